The van der Waals surface area contributed by atoms with Crippen molar-refractivity contribution >= 4 is 11.9 Å². The van der Waals surface area contributed by atoms with Gasteiger partial charge in [0, 0.05) is 0 Å². The van der Waals surface area contributed by atoms with E-state index in [4.69, 9.17) is 9.47 Å². The Morgan fingerprint density at radius 3 is 2.48 bits per heavy atom. The van der Waals surface area contributed by atoms with Gasteiger partial charge in [0.15, 0.2) is 17.8 Å². The molecule has 0 amide bonds. The van der Waals surface area contributed by atoms with Crippen LogP contribution in [0.3, 0.4) is 0 Å². The van der Waals surface area contributed by atoms with Crippen LogP contribution in [0.25, 0.3) is 0 Å². The van der Waals surface area contributed by atoms with E-state index in [1.54, 1.807) is 6.92 Å². The molecule has 2 N–H and O–H groups in total. The van der Waals surface area contributed by atoms with E-state index < -0.39 is 46.7 Å². The third-order valence-corrected chi connectivity index (χ3v) is 6.69. The first-order chi connectivity index (χ1) is 9.69. The Hall–Kier alpha value is -1.14. The monoisotopic (exact) mass is 296 g/mol. The van der Waals surface area contributed by atoms with Crippen LogP contribution in [0.2, 0.25) is 0 Å². The smallest absolute Gasteiger partial charge is 0.339 e. The van der Waals surface area contributed by atoms with Crippen LogP contribution in [-0.2, 0) is 19.1 Å². The van der Waals surface area contributed by atoms with Gasteiger partial charge in [0.1, 0.15) is 5.60 Å². The molecular formula is C15H20O6. The van der Waals surface area contributed by atoms with Gasteiger partial charge in [0.2, 0.25) is 0 Å². The van der Waals surface area contributed by atoms with Crippen LogP contribution in [0, 0.1) is 23.2 Å². The van der Waals surface area contributed by atoms with Crippen LogP contribution in [-0.4, -0.2) is 45.6 Å². The van der Waals surface area contributed by atoms with Gasteiger partial charge in [-0.15, -0.1) is 0 Å². The fraction of sp³-hybridized carbons (Fsp3) is 0.867. The molecule has 0 radical (unpaired) electrons. The molecule has 7 atom stereocenters. The molecule has 6 nitrogen and oxygen atoms in total. The highest BCUT2D eigenvalue weighted by molar-refractivity contribution is 5.87. The number of aliphatic hydroxyl groups is 2. The summed E-state index contributed by atoms with van der Waals surface area (Å²) < 4.78 is 10.8. The molecule has 0 aromatic rings. The number of ether oxygens (including phenoxy) is 2. The molecule has 2 heterocycles. The normalized spacial score (nSPS) is 57.4. The first-order valence-electron chi connectivity index (χ1n) is 7.55. The van der Waals surface area contributed by atoms with Gasteiger partial charge in [-0.1, -0.05) is 20.8 Å². The molecule has 116 valence electrons. The SMILES string of the molecule is CC(C)[C@@]1(O)[C@@H]2C(=O)O[C@H]1[C@H]1OC(=O)[C@@]3(O)CC[C@@H]2[C@@]13C. The number of esters is 2. The van der Waals surface area contributed by atoms with E-state index in [0.29, 0.717) is 6.42 Å². The Morgan fingerprint density at radius 2 is 1.86 bits per heavy atom. The molecule has 21 heavy (non-hydrogen) atoms. The minimum Gasteiger partial charge on any atom is -0.455 e. The lowest BCUT2D eigenvalue weighted by Crippen LogP contribution is -2.66. The second-order valence-electron chi connectivity index (χ2n) is 7.49. The fourth-order valence-corrected chi connectivity index (χ4v) is 5.37. The Balaban J connectivity index is 1.94. The summed E-state index contributed by atoms with van der Waals surface area (Å²) in [6.45, 7) is 5.47. The van der Waals surface area contributed by atoms with E-state index >= 15 is 0 Å². The molecule has 4 rings (SSSR count). The molecule has 2 bridgehead atoms. The molecule has 0 aromatic carbocycles. The molecule has 0 unspecified atom stereocenters. The minimum absolute atomic E-state index is 0.212. The standard InChI is InChI=1S/C15H20O6/c1-6(2)15(19)8-7-4-5-14(18)12(17)21-9(13(7,14)3)10(15)20-11(8)16/h6-10,18-19H,4-5H2,1-3H3/t7-,8-,9+,10-,13-,14-,15+/m0/s1. The fourth-order valence-electron chi connectivity index (χ4n) is 5.37. The summed E-state index contributed by atoms with van der Waals surface area (Å²) in [6, 6.07) is 0. The number of rotatable bonds is 1. The number of fused-ring (bicyclic) bond motifs is 4. The molecule has 2 aliphatic heterocycles. The van der Waals surface area contributed by atoms with Crippen molar-refractivity contribution in [1.29, 1.82) is 0 Å². The largest absolute Gasteiger partial charge is 0.455 e. The summed E-state index contributed by atoms with van der Waals surface area (Å²) in [6.07, 6.45) is -0.890. The maximum atomic E-state index is 12.3. The van der Waals surface area contributed by atoms with E-state index in [-0.39, 0.29) is 18.3 Å². The quantitative estimate of drug-likeness (QED) is 0.662. The van der Waals surface area contributed by atoms with E-state index in [1.165, 1.54) is 0 Å². The maximum Gasteiger partial charge on any atom is 0.339 e. The van der Waals surface area contributed by atoms with Gasteiger partial charge < -0.3 is 19.7 Å². The Bertz CT molecular complexity index is 554. The number of carbonyl (C=O) groups is 2. The molecule has 0 aromatic heterocycles. The topological polar surface area (TPSA) is 93.1 Å². The summed E-state index contributed by atoms with van der Waals surface area (Å²) in [7, 11) is 0. The molecular weight excluding hydrogens is 276 g/mol. The van der Waals surface area contributed by atoms with E-state index in [2.05, 4.69) is 0 Å². The van der Waals surface area contributed by atoms with Crippen LogP contribution < -0.4 is 0 Å². The molecule has 2 saturated heterocycles. The lowest BCUT2D eigenvalue weighted by molar-refractivity contribution is -0.202. The molecule has 4 aliphatic rings. The Kier molecular flexibility index (Phi) is 2.21. The predicted octanol–water partition coefficient (Wildman–Crippen LogP) is 0.00150. The summed E-state index contributed by atoms with van der Waals surface area (Å²) in [4.78, 5) is 24.5. The third-order valence-electron chi connectivity index (χ3n) is 6.69. The molecule has 6 heteroatoms. The summed E-state index contributed by atoms with van der Waals surface area (Å²) in [5.74, 6) is -2.30. The molecule has 4 fully saturated rings. The first-order valence-corrected chi connectivity index (χ1v) is 7.55. The summed E-state index contributed by atoms with van der Waals surface area (Å²) in [5.41, 5.74) is -3.78. The van der Waals surface area contributed by atoms with Crippen molar-refractivity contribution in [1.82, 2.24) is 0 Å². The van der Waals surface area contributed by atoms with Gasteiger partial charge in [0.05, 0.1) is 11.3 Å². The van der Waals surface area contributed by atoms with E-state index in [9.17, 15) is 19.8 Å². The van der Waals surface area contributed by atoms with E-state index in [0.717, 1.165) is 0 Å². The number of carbonyl (C=O) groups excluding carboxylic acids is 2. The van der Waals surface area contributed by atoms with Gasteiger partial charge in [-0.05, 0) is 24.7 Å². The lowest BCUT2D eigenvalue weighted by Gasteiger charge is -2.51. The van der Waals surface area contributed by atoms with Crippen LogP contribution in [0.15, 0.2) is 0 Å². The van der Waals surface area contributed by atoms with Crippen molar-refractivity contribution in [3.8, 4) is 0 Å². The average Bonchev–Trinajstić information content (AvgIpc) is 2.86. The van der Waals surface area contributed by atoms with Crippen molar-refractivity contribution in [3.05, 3.63) is 0 Å². The number of hydrogen-bond acceptors (Lipinski definition) is 6. The van der Waals surface area contributed by atoms with Crippen LogP contribution in [0.4, 0.5) is 0 Å². The second kappa shape index (κ2) is 3.43. The predicted molar refractivity (Wildman–Crippen MR) is 68.8 cm³/mol. The van der Waals surface area contributed by atoms with Crippen molar-refractivity contribution in [2.45, 2.75) is 57.0 Å². The number of hydrogen-bond donors (Lipinski definition) is 2. The van der Waals surface area contributed by atoms with Crippen molar-refractivity contribution in [2.24, 2.45) is 23.2 Å². The minimum atomic E-state index is -1.56. The van der Waals surface area contributed by atoms with Crippen LogP contribution in [0.5, 0.6) is 0 Å². The zero-order chi connectivity index (χ0) is 15.4. The second-order valence-corrected chi connectivity index (χ2v) is 7.49. The highest BCUT2D eigenvalue weighted by atomic mass is 16.6. The Labute approximate surface area is 122 Å². The zero-order valence-electron chi connectivity index (χ0n) is 12.3. The van der Waals surface area contributed by atoms with Crippen molar-refractivity contribution < 1.29 is 29.3 Å². The average molecular weight is 296 g/mol. The van der Waals surface area contributed by atoms with Crippen LogP contribution in [0.1, 0.15) is 33.6 Å². The van der Waals surface area contributed by atoms with Crippen molar-refractivity contribution in [3.63, 3.8) is 0 Å². The lowest BCUT2D eigenvalue weighted by atomic mass is 9.53. The Morgan fingerprint density at radius 1 is 1.19 bits per heavy atom. The van der Waals surface area contributed by atoms with Gasteiger partial charge in [-0.3, -0.25) is 4.79 Å². The van der Waals surface area contributed by atoms with E-state index in [1.807, 2.05) is 13.8 Å². The molecule has 0 spiro atoms. The van der Waals surface area contributed by atoms with Crippen molar-refractivity contribution in [2.75, 3.05) is 0 Å². The summed E-state index contributed by atoms with van der Waals surface area (Å²) >= 11 is 0. The van der Waals surface area contributed by atoms with Gasteiger partial charge in [-0.25, -0.2) is 4.79 Å². The van der Waals surface area contributed by atoms with Gasteiger partial charge >= 0.3 is 11.9 Å². The third kappa shape index (κ3) is 1.10. The first kappa shape index (κ1) is 13.5. The maximum absolute atomic E-state index is 12.3. The molecule has 2 saturated carbocycles. The molecule has 2 aliphatic carbocycles. The highest BCUT2D eigenvalue weighted by Crippen LogP contribution is 2.68. The summed E-state index contributed by atoms with van der Waals surface area (Å²) in [5, 5.41) is 22.0. The van der Waals surface area contributed by atoms with Gasteiger partial charge in [-0.2, -0.15) is 0 Å². The van der Waals surface area contributed by atoms with Crippen LogP contribution >= 0.6 is 0 Å². The zero-order valence-corrected chi connectivity index (χ0v) is 12.3. The highest BCUT2D eigenvalue weighted by Gasteiger charge is 2.83. The van der Waals surface area contributed by atoms with Gasteiger partial charge in [0.25, 0.3) is 0 Å².